The van der Waals surface area contributed by atoms with Crippen molar-refractivity contribution in [2.45, 2.75) is 25.3 Å². The van der Waals surface area contributed by atoms with Crippen LogP contribution in [0.5, 0.6) is 0 Å². The van der Waals surface area contributed by atoms with Gasteiger partial charge in [0, 0.05) is 36.5 Å². The first kappa shape index (κ1) is 22.6. The number of nitrogens with zero attached hydrogens (tertiary/aromatic N) is 4. The van der Waals surface area contributed by atoms with Crippen LogP contribution in [-0.4, -0.2) is 46.4 Å². The van der Waals surface area contributed by atoms with E-state index in [2.05, 4.69) is 14.5 Å². The van der Waals surface area contributed by atoms with Gasteiger partial charge in [0.1, 0.15) is 0 Å². The third-order valence-corrected chi connectivity index (χ3v) is 6.12. The zero-order valence-electron chi connectivity index (χ0n) is 17.1. The second kappa shape index (κ2) is 9.91. The summed E-state index contributed by atoms with van der Waals surface area (Å²) < 4.78 is 59.3. The Kier molecular flexibility index (Phi) is 7.00. The highest BCUT2D eigenvalue weighted by molar-refractivity contribution is 8.00. The average molecular weight is 467 g/mol. The van der Waals surface area contributed by atoms with E-state index in [1.54, 1.807) is 29.0 Å². The highest BCUT2D eigenvalue weighted by Crippen LogP contribution is 2.29. The van der Waals surface area contributed by atoms with Gasteiger partial charge in [-0.05, 0) is 41.8 Å². The summed E-state index contributed by atoms with van der Waals surface area (Å²) in [6.07, 6.45) is -2.88. The molecule has 0 saturated carbocycles. The van der Waals surface area contributed by atoms with Crippen LogP contribution in [-0.2, 0) is 6.54 Å². The van der Waals surface area contributed by atoms with Crippen molar-refractivity contribution in [1.29, 1.82) is 0 Å². The fourth-order valence-corrected chi connectivity index (χ4v) is 4.51. The Balaban J connectivity index is 1.40. The van der Waals surface area contributed by atoms with Crippen molar-refractivity contribution in [3.8, 4) is 11.5 Å². The molecule has 0 N–H and O–H groups in total. The van der Waals surface area contributed by atoms with Crippen molar-refractivity contribution in [1.82, 2.24) is 15.1 Å². The van der Waals surface area contributed by atoms with E-state index in [4.69, 9.17) is 4.42 Å². The predicted molar refractivity (Wildman–Crippen MR) is 116 cm³/mol. The van der Waals surface area contributed by atoms with E-state index >= 15 is 0 Å². The molecule has 0 atom stereocenters. The lowest BCUT2D eigenvalue weighted by Gasteiger charge is -2.25. The zero-order chi connectivity index (χ0) is 22.6. The van der Waals surface area contributed by atoms with Gasteiger partial charge in [0.2, 0.25) is 5.89 Å². The highest BCUT2D eigenvalue weighted by Gasteiger charge is 2.37. The van der Waals surface area contributed by atoms with E-state index in [9.17, 15) is 17.6 Å². The van der Waals surface area contributed by atoms with Crippen molar-refractivity contribution in [2.24, 2.45) is 0 Å². The van der Waals surface area contributed by atoms with E-state index in [0.717, 1.165) is 11.3 Å². The topological polar surface area (TPSA) is 45.4 Å². The lowest BCUT2D eigenvalue weighted by molar-refractivity contribution is 0.0128. The molecular formula is C22H22F4N4OS. The van der Waals surface area contributed by atoms with E-state index in [1.165, 1.54) is 0 Å². The van der Waals surface area contributed by atoms with Crippen molar-refractivity contribution >= 4 is 17.6 Å². The number of para-hydroxylation sites is 1. The molecule has 1 aliphatic heterocycles. The molecule has 0 spiro atoms. The number of anilines is 1. The van der Waals surface area contributed by atoms with Crippen LogP contribution in [0.2, 0.25) is 0 Å². The first-order valence-electron chi connectivity index (χ1n) is 10.2. The maximum absolute atomic E-state index is 13.4. The second-order valence-electron chi connectivity index (χ2n) is 7.53. The number of hydrogen-bond donors (Lipinski definition) is 0. The van der Waals surface area contributed by atoms with Gasteiger partial charge in [-0.1, -0.05) is 30.3 Å². The van der Waals surface area contributed by atoms with Crippen LogP contribution in [0.15, 0.2) is 59.0 Å². The summed E-state index contributed by atoms with van der Waals surface area (Å²) in [6.45, 7) is 1.41. The number of aromatic nitrogens is 2. The molecule has 10 heteroatoms. The molecule has 0 radical (unpaired) electrons. The molecule has 32 heavy (non-hydrogen) atoms. The Bertz CT molecular complexity index is 1000. The Morgan fingerprint density at radius 2 is 1.81 bits per heavy atom. The first-order chi connectivity index (χ1) is 15.4. The van der Waals surface area contributed by atoms with Crippen molar-refractivity contribution < 1.29 is 22.0 Å². The molecule has 3 aromatic rings. The lowest BCUT2D eigenvalue weighted by Crippen LogP contribution is -2.28. The number of alkyl halides is 4. The van der Waals surface area contributed by atoms with E-state index in [1.807, 2.05) is 42.5 Å². The summed E-state index contributed by atoms with van der Waals surface area (Å²) in [7, 11) is 0. The minimum atomic E-state index is -2.81. The zero-order valence-corrected chi connectivity index (χ0v) is 17.9. The second-order valence-corrected chi connectivity index (χ2v) is 8.64. The van der Waals surface area contributed by atoms with Crippen LogP contribution in [0, 0.1) is 0 Å². The van der Waals surface area contributed by atoms with Crippen molar-refractivity contribution in [3.63, 3.8) is 0 Å². The van der Waals surface area contributed by atoms with Gasteiger partial charge >= 0.3 is 6.43 Å². The number of likely N-dealkylation sites (tertiary alicyclic amines) is 1. The molecule has 2 aromatic carbocycles. The number of halogens is 4. The first-order valence-corrected chi connectivity index (χ1v) is 11.1. The van der Waals surface area contributed by atoms with Gasteiger partial charge in [-0.3, -0.25) is 4.90 Å². The number of benzene rings is 2. The molecule has 170 valence electrons. The van der Waals surface area contributed by atoms with Crippen LogP contribution in [0.4, 0.5) is 23.2 Å². The monoisotopic (exact) mass is 466 g/mol. The summed E-state index contributed by atoms with van der Waals surface area (Å²) in [4.78, 5) is 1.79. The quantitative estimate of drug-likeness (QED) is 0.299. The van der Waals surface area contributed by atoms with Crippen LogP contribution in [0.3, 0.4) is 0 Å². The fraction of sp³-hybridized carbons (Fsp3) is 0.364. The van der Waals surface area contributed by atoms with Crippen LogP contribution >= 0.6 is 11.9 Å². The molecular weight excluding hydrogens is 444 g/mol. The smallest absolute Gasteiger partial charge is 0.314 e. The van der Waals surface area contributed by atoms with Crippen LogP contribution in [0.1, 0.15) is 24.3 Å². The fourth-order valence-electron chi connectivity index (χ4n) is 3.44. The van der Waals surface area contributed by atoms with E-state index < -0.39 is 18.2 Å². The molecule has 2 heterocycles. The molecule has 1 saturated heterocycles. The molecule has 5 nitrogen and oxygen atoms in total. The van der Waals surface area contributed by atoms with Gasteiger partial charge in [0.25, 0.3) is 11.8 Å². The summed E-state index contributed by atoms with van der Waals surface area (Å²) >= 11 is 1.59. The van der Waals surface area contributed by atoms with Crippen LogP contribution in [0.25, 0.3) is 11.5 Å². The minimum absolute atomic E-state index is 0.0450. The van der Waals surface area contributed by atoms with Gasteiger partial charge in [0.15, 0.2) is 0 Å². The maximum Gasteiger partial charge on any atom is 0.314 e. The van der Waals surface area contributed by atoms with Gasteiger partial charge in [-0.2, -0.15) is 8.78 Å². The summed E-state index contributed by atoms with van der Waals surface area (Å²) in [6, 6.07) is 17.1. The Labute approximate surface area is 187 Å². The van der Waals surface area contributed by atoms with E-state index in [0.29, 0.717) is 31.0 Å². The molecule has 1 aliphatic rings. The van der Waals surface area contributed by atoms with Crippen LogP contribution < -0.4 is 4.31 Å². The molecule has 4 rings (SSSR count). The molecule has 0 amide bonds. The summed E-state index contributed by atoms with van der Waals surface area (Å²) in [5, 5.41) is 7.01. The normalized spacial score (nSPS) is 16.0. The van der Waals surface area contributed by atoms with Crippen molar-refractivity contribution in [3.05, 3.63) is 66.1 Å². The standard InChI is InChI=1S/C22H22F4N4OS/c23-19(24)21-28-27-20(31-21)17-8-6-16(7-9-17)14-30(18-4-2-1-3-5-18)32-13-12-29-11-10-22(25,26)15-29/h1-9,19H,10-15H2. The Morgan fingerprint density at radius 3 is 2.44 bits per heavy atom. The Morgan fingerprint density at radius 1 is 1.06 bits per heavy atom. The average Bonchev–Trinajstić information content (AvgIpc) is 3.41. The maximum atomic E-state index is 13.4. The summed E-state index contributed by atoms with van der Waals surface area (Å²) in [5.41, 5.74) is 2.56. The van der Waals surface area contributed by atoms with Gasteiger partial charge < -0.3 is 8.72 Å². The highest BCUT2D eigenvalue weighted by atomic mass is 32.2. The minimum Gasteiger partial charge on any atom is -0.415 e. The third-order valence-electron chi connectivity index (χ3n) is 5.10. The molecule has 0 unspecified atom stereocenters. The van der Waals surface area contributed by atoms with Gasteiger partial charge in [-0.25, -0.2) is 8.78 Å². The molecule has 1 aromatic heterocycles. The predicted octanol–water partition coefficient (Wildman–Crippen LogP) is 5.67. The Hall–Kier alpha value is -2.59. The number of hydrogen-bond acceptors (Lipinski definition) is 6. The van der Waals surface area contributed by atoms with Gasteiger partial charge in [-0.15, -0.1) is 10.2 Å². The third kappa shape index (κ3) is 5.80. The molecule has 1 fully saturated rings. The van der Waals surface area contributed by atoms with Crippen molar-refractivity contribution in [2.75, 3.05) is 29.7 Å². The molecule has 0 aliphatic carbocycles. The SMILES string of the molecule is FC(F)c1nnc(-c2ccc(CN(SCCN3CCC(F)(F)C3)c3ccccc3)cc2)o1. The van der Waals surface area contributed by atoms with Gasteiger partial charge in [0.05, 0.1) is 13.1 Å². The molecule has 0 bridgehead atoms. The summed E-state index contributed by atoms with van der Waals surface area (Å²) in [5.74, 6) is -2.56. The van der Waals surface area contributed by atoms with E-state index in [-0.39, 0.29) is 18.9 Å². The lowest BCUT2D eigenvalue weighted by atomic mass is 10.1. The largest absolute Gasteiger partial charge is 0.415 e. The number of rotatable bonds is 9.